The fourth-order valence-corrected chi connectivity index (χ4v) is 1.82. The second-order valence-corrected chi connectivity index (χ2v) is 4.20. The summed E-state index contributed by atoms with van der Waals surface area (Å²) in [4.78, 5) is 4.61. The van der Waals surface area contributed by atoms with Crippen LogP contribution in [0, 0.1) is 0 Å². The number of aliphatic hydroxyl groups is 1. The lowest BCUT2D eigenvalue weighted by Gasteiger charge is -2.20. The molecule has 0 aromatic heterocycles. The van der Waals surface area contributed by atoms with E-state index in [9.17, 15) is 0 Å². The molecule has 1 rings (SSSR count). The fourth-order valence-electron chi connectivity index (χ4n) is 1.82. The summed E-state index contributed by atoms with van der Waals surface area (Å²) >= 11 is 0. The van der Waals surface area contributed by atoms with E-state index in [-0.39, 0.29) is 0 Å². The standard InChI is InChI=1S/C12H24N2O/c1-2-3-4-5-7-13-9-10-14(12-13)8-6-11-15/h9-10,15H,2-8,11-12H2,1H3. The molecule has 1 N–H and O–H groups in total. The molecule has 1 aliphatic rings. The van der Waals surface area contributed by atoms with Gasteiger partial charge in [0.2, 0.25) is 0 Å². The molecule has 0 aromatic carbocycles. The Morgan fingerprint density at radius 2 is 1.67 bits per heavy atom. The smallest absolute Gasteiger partial charge is 0.0893 e. The van der Waals surface area contributed by atoms with Gasteiger partial charge in [-0.15, -0.1) is 0 Å². The zero-order valence-electron chi connectivity index (χ0n) is 9.86. The van der Waals surface area contributed by atoms with E-state index >= 15 is 0 Å². The van der Waals surface area contributed by atoms with Gasteiger partial charge in [-0.1, -0.05) is 26.2 Å². The average Bonchev–Trinajstić information content (AvgIpc) is 2.69. The molecule has 0 bridgehead atoms. The van der Waals surface area contributed by atoms with Crippen LogP contribution >= 0.6 is 0 Å². The van der Waals surface area contributed by atoms with Crippen molar-refractivity contribution in [2.75, 3.05) is 26.4 Å². The van der Waals surface area contributed by atoms with Gasteiger partial charge in [-0.3, -0.25) is 0 Å². The molecule has 15 heavy (non-hydrogen) atoms. The molecule has 0 amide bonds. The summed E-state index contributed by atoms with van der Waals surface area (Å²) in [5.74, 6) is 0. The average molecular weight is 212 g/mol. The van der Waals surface area contributed by atoms with Crippen molar-refractivity contribution in [1.82, 2.24) is 9.80 Å². The van der Waals surface area contributed by atoms with Gasteiger partial charge in [0.05, 0.1) is 6.67 Å². The number of nitrogens with zero attached hydrogens (tertiary/aromatic N) is 2. The predicted octanol–water partition coefficient (Wildman–Crippen LogP) is 2.00. The number of unbranched alkanes of at least 4 members (excludes halogenated alkanes) is 3. The predicted molar refractivity (Wildman–Crippen MR) is 63.3 cm³/mol. The van der Waals surface area contributed by atoms with Gasteiger partial charge in [-0.05, 0) is 12.8 Å². The van der Waals surface area contributed by atoms with E-state index in [1.165, 1.54) is 32.2 Å². The van der Waals surface area contributed by atoms with Crippen molar-refractivity contribution in [3.63, 3.8) is 0 Å². The van der Waals surface area contributed by atoms with Crippen LogP contribution in [0.3, 0.4) is 0 Å². The SMILES string of the molecule is CCCCCCN1C=CN(CCCO)C1. The Morgan fingerprint density at radius 1 is 1.00 bits per heavy atom. The normalized spacial score (nSPS) is 15.3. The molecule has 0 atom stereocenters. The Kier molecular flexibility index (Phi) is 6.25. The summed E-state index contributed by atoms with van der Waals surface area (Å²) in [6, 6.07) is 0. The lowest BCUT2D eigenvalue weighted by molar-refractivity contribution is 0.227. The quantitative estimate of drug-likeness (QED) is 0.623. The number of hydrogen-bond acceptors (Lipinski definition) is 3. The van der Waals surface area contributed by atoms with Crippen molar-refractivity contribution >= 4 is 0 Å². The highest BCUT2D eigenvalue weighted by Crippen LogP contribution is 2.09. The van der Waals surface area contributed by atoms with Crippen LogP contribution in [0.1, 0.15) is 39.0 Å². The summed E-state index contributed by atoms with van der Waals surface area (Å²) in [6.45, 7) is 5.68. The lowest BCUT2D eigenvalue weighted by Crippen LogP contribution is -2.27. The first-order valence-corrected chi connectivity index (χ1v) is 6.14. The van der Waals surface area contributed by atoms with Crippen LogP contribution in [0.5, 0.6) is 0 Å². The largest absolute Gasteiger partial charge is 0.396 e. The highest BCUT2D eigenvalue weighted by molar-refractivity contribution is 4.90. The van der Waals surface area contributed by atoms with E-state index in [0.29, 0.717) is 6.61 Å². The molecule has 0 saturated heterocycles. The first-order chi connectivity index (χ1) is 7.36. The molecular formula is C12H24N2O. The van der Waals surface area contributed by atoms with E-state index < -0.39 is 0 Å². The van der Waals surface area contributed by atoms with Crippen LogP contribution in [0.25, 0.3) is 0 Å². The van der Waals surface area contributed by atoms with Crippen LogP contribution in [0.15, 0.2) is 12.4 Å². The zero-order chi connectivity index (χ0) is 10.9. The molecule has 1 aliphatic heterocycles. The molecule has 1 heterocycles. The number of aliphatic hydroxyl groups excluding tert-OH is 1. The minimum atomic E-state index is 0.292. The maximum absolute atomic E-state index is 8.73. The lowest BCUT2D eigenvalue weighted by atomic mass is 10.2. The Labute approximate surface area is 93.4 Å². The maximum atomic E-state index is 8.73. The van der Waals surface area contributed by atoms with Gasteiger partial charge in [-0.2, -0.15) is 0 Å². The van der Waals surface area contributed by atoms with Gasteiger partial charge in [0.15, 0.2) is 0 Å². The molecule has 0 aliphatic carbocycles. The summed E-state index contributed by atoms with van der Waals surface area (Å²) < 4.78 is 0. The molecule has 0 radical (unpaired) electrons. The van der Waals surface area contributed by atoms with Gasteiger partial charge in [0.1, 0.15) is 0 Å². The number of hydrogen-bond donors (Lipinski definition) is 1. The Morgan fingerprint density at radius 3 is 2.27 bits per heavy atom. The Balaban J connectivity index is 2.02. The monoisotopic (exact) mass is 212 g/mol. The highest BCUT2D eigenvalue weighted by atomic mass is 16.3. The Bertz CT molecular complexity index is 182. The summed E-state index contributed by atoms with van der Waals surface area (Å²) in [5.41, 5.74) is 0. The first kappa shape index (κ1) is 12.4. The molecule has 0 saturated carbocycles. The molecule has 0 unspecified atom stereocenters. The first-order valence-electron chi connectivity index (χ1n) is 6.14. The highest BCUT2D eigenvalue weighted by Gasteiger charge is 2.10. The van der Waals surface area contributed by atoms with Gasteiger partial charge < -0.3 is 14.9 Å². The third-order valence-electron chi connectivity index (χ3n) is 2.75. The zero-order valence-corrected chi connectivity index (χ0v) is 9.86. The molecule has 0 fully saturated rings. The van der Waals surface area contributed by atoms with Gasteiger partial charge in [-0.25, -0.2) is 0 Å². The van der Waals surface area contributed by atoms with Crippen LogP contribution in [-0.2, 0) is 0 Å². The molecule has 3 nitrogen and oxygen atoms in total. The third-order valence-corrected chi connectivity index (χ3v) is 2.75. The molecule has 0 spiro atoms. The van der Waals surface area contributed by atoms with Crippen molar-refractivity contribution in [1.29, 1.82) is 0 Å². The summed E-state index contributed by atoms with van der Waals surface area (Å²) in [7, 11) is 0. The number of rotatable bonds is 8. The third kappa shape index (κ3) is 5.07. The van der Waals surface area contributed by atoms with E-state index in [1.807, 2.05) is 0 Å². The van der Waals surface area contributed by atoms with E-state index in [4.69, 9.17) is 5.11 Å². The topological polar surface area (TPSA) is 26.7 Å². The van der Waals surface area contributed by atoms with Gasteiger partial charge in [0, 0.05) is 32.1 Å². The van der Waals surface area contributed by atoms with Gasteiger partial charge in [0.25, 0.3) is 0 Å². The van der Waals surface area contributed by atoms with Crippen molar-refractivity contribution < 1.29 is 5.11 Å². The summed E-state index contributed by atoms with van der Waals surface area (Å²) in [5, 5.41) is 8.73. The van der Waals surface area contributed by atoms with Crippen molar-refractivity contribution in [3.8, 4) is 0 Å². The second kappa shape index (κ2) is 7.57. The van der Waals surface area contributed by atoms with Crippen LogP contribution in [-0.4, -0.2) is 41.3 Å². The minimum absolute atomic E-state index is 0.292. The fraction of sp³-hybridized carbons (Fsp3) is 0.833. The van der Waals surface area contributed by atoms with Crippen molar-refractivity contribution in [2.24, 2.45) is 0 Å². The van der Waals surface area contributed by atoms with Gasteiger partial charge >= 0.3 is 0 Å². The van der Waals surface area contributed by atoms with Crippen LogP contribution < -0.4 is 0 Å². The van der Waals surface area contributed by atoms with Crippen molar-refractivity contribution in [2.45, 2.75) is 39.0 Å². The van der Waals surface area contributed by atoms with Crippen LogP contribution in [0.2, 0.25) is 0 Å². The molecule has 88 valence electrons. The molecule has 0 aromatic rings. The van der Waals surface area contributed by atoms with E-state index in [2.05, 4.69) is 29.1 Å². The van der Waals surface area contributed by atoms with Crippen LogP contribution in [0.4, 0.5) is 0 Å². The molecule has 3 heteroatoms. The minimum Gasteiger partial charge on any atom is -0.396 e. The Hall–Kier alpha value is -0.700. The second-order valence-electron chi connectivity index (χ2n) is 4.20. The maximum Gasteiger partial charge on any atom is 0.0893 e. The van der Waals surface area contributed by atoms with E-state index in [1.54, 1.807) is 0 Å². The van der Waals surface area contributed by atoms with E-state index in [0.717, 1.165) is 19.6 Å². The van der Waals surface area contributed by atoms with Crippen molar-refractivity contribution in [3.05, 3.63) is 12.4 Å². The molecular weight excluding hydrogens is 188 g/mol. The summed E-state index contributed by atoms with van der Waals surface area (Å²) in [6.07, 6.45) is 10.5.